The molecule has 0 spiro atoms. The van der Waals surface area contributed by atoms with Crippen LogP contribution in [0.15, 0.2) is 28.1 Å². The molecule has 0 radical (unpaired) electrons. The summed E-state index contributed by atoms with van der Waals surface area (Å²) in [6, 6.07) is 5.96. The van der Waals surface area contributed by atoms with Crippen LogP contribution in [0.5, 0.6) is 0 Å². The molecule has 0 saturated heterocycles. The molecule has 0 aliphatic heterocycles. The molecule has 0 amide bonds. The van der Waals surface area contributed by atoms with Crippen molar-refractivity contribution in [2.75, 3.05) is 0 Å². The summed E-state index contributed by atoms with van der Waals surface area (Å²) < 4.78 is 2.27. The van der Waals surface area contributed by atoms with E-state index in [0.29, 0.717) is 6.42 Å². The number of carbonyl (C=O) groups is 1. The van der Waals surface area contributed by atoms with Crippen molar-refractivity contribution < 1.29 is 9.90 Å². The fourth-order valence-electron chi connectivity index (χ4n) is 2.27. The van der Waals surface area contributed by atoms with Gasteiger partial charge in [0.1, 0.15) is 0 Å². The first-order valence-corrected chi connectivity index (χ1v) is 7.79. The standard InChI is InChI=1S/C14H16BrNO2S/c1-8(6-13(17)18)5-12(16)10-7-19-14-9(10)3-2-4-11(14)15/h2-4,7-8,12H,5-6,16H2,1H3,(H,17,18). The Morgan fingerprint density at radius 1 is 1.53 bits per heavy atom. The van der Waals surface area contributed by atoms with Crippen LogP contribution in [0.1, 0.15) is 31.4 Å². The monoisotopic (exact) mass is 341 g/mol. The van der Waals surface area contributed by atoms with Gasteiger partial charge in [-0.05, 0) is 50.7 Å². The van der Waals surface area contributed by atoms with Gasteiger partial charge in [-0.3, -0.25) is 4.79 Å². The fraction of sp³-hybridized carbons (Fsp3) is 0.357. The number of hydrogen-bond acceptors (Lipinski definition) is 3. The van der Waals surface area contributed by atoms with Crippen LogP contribution in [0.25, 0.3) is 10.1 Å². The van der Waals surface area contributed by atoms with E-state index in [2.05, 4.69) is 27.4 Å². The molecule has 0 aliphatic carbocycles. The van der Waals surface area contributed by atoms with Gasteiger partial charge < -0.3 is 10.8 Å². The summed E-state index contributed by atoms with van der Waals surface area (Å²) in [6.07, 6.45) is 0.851. The topological polar surface area (TPSA) is 63.3 Å². The van der Waals surface area contributed by atoms with E-state index in [0.717, 1.165) is 15.4 Å². The molecule has 0 bridgehead atoms. The first-order valence-electron chi connectivity index (χ1n) is 6.12. The van der Waals surface area contributed by atoms with Crippen molar-refractivity contribution in [1.82, 2.24) is 0 Å². The van der Waals surface area contributed by atoms with Crippen molar-refractivity contribution in [3.63, 3.8) is 0 Å². The highest BCUT2D eigenvalue weighted by Crippen LogP contribution is 2.36. The Kier molecular flexibility index (Phi) is 4.60. The molecule has 1 heterocycles. The Balaban J connectivity index is 2.20. The molecule has 0 aliphatic rings. The summed E-state index contributed by atoms with van der Waals surface area (Å²) in [7, 11) is 0. The molecule has 2 atom stereocenters. The van der Waals surface area contributed by atoms with Gasteiger partial charge in [-0.25, -0.2) is 0 Å². The third-order valence-corrected chi connectivity index (χ3v) is 5.13. The largest absolute Gasteiger partial charge is 0.481 e. The number of benzene rings is 1. The molecule has 0 fully saturated rings. The number of nitrogens with two attached hydrogens (primary N) is 1. The van der Waals surface area contributed by atoms with Crippen molar-refractivity contribution in [3.05, 3.63) is 33.6 Å². The second-order valence-electron chi connectivity index (χ2n) is 4.85. The summed E-state index contributed by atoms with van der Waals surface area (Å²) in [5, 5.41) is 12.0. The number of aliphatic carboxylic acids is 1. The molecule has 102 valence electrons. The minimum atomic E-state index is -0.766. The van der Waals surface area contributed by atoms with Crippen molar-refractivity contribution in [3.8, 4) is 0 Å². The first-order chi connectivity index (χ1) is 8.99. The van der Waals surface area contributed by atoms with Crippen LogP contribution in [0, 0.1) is 5.92 Å². The summed E-state index contributed by atoms with van der Waals surface area (Å²) >= 11 is 5.20. The maximum atomic E-state index is 10.7. The smallest absolute Gasteiger partial charge is 0.303 e. The highest BCUT2D eigenvalue weighted by Gasteiger charge is 2.17. The van der Waals surface area contributed by atoms with Gasteiger partial charge in [-0.1, -0.05) is 19.1 Å². The van der Waals surface area contributed by atoms with E-state index in [1.807, 2.05) is 19.1 Å². The van der Waals surface area contributed by atoms with Gasteiger partial charge in [0.05, 0.1) is 0 Å². The zero-order valence-corrected chi connectivity index (χ0v) is 13.0. The van der Waals surface area contributed by atoms with Gasteiger partial charge in [0.2, 0.25) is 0 Å². The molecule has 2 rings (SSSR count). The van der Waals surface area contributed by atoms with Crippen LogP contribution in [-0.4, -0.2) is 11.1 Å². The zero-order chi connectivity index (χ0) is 14.0. The molecule has 5 heteroatoms. The van der Waals surface area contributed by atoms with Crippen LogP contribution in [0.4, 0.5) is 0 Å². The van der Waals surface area contributed by atoms with Gasteiger partial charge in [-0.2, -0.15) is 0 Å². The van der Waals surface area contributed by atoms with Crippen LogP contribution in [0.2, 0.25) is 0 Å². The molecule has 3 nitrogen and oxygen atoms in total. The van der Waals surface area contributed by atoms with Gasteiger partial charge in [0, 0.05) is 21.6 Å². The van der Waals surface area contributed by atoms with E-state index in [9.17, 15) is 4.79 Å². The van der Waals surface area contributed by atoms with E-state index in [1.165, 1.54) is 4.70 Å². The Bertz CT molecular complexity index is 596. The highest BCUT2D eigenvalue weighted by atomic mass is 79.9. The molecule has 1 aromatic carbocycles. The van der Waals surface area contributed by atoms with Crippen molar-refractivity contribution in [1.29, 1.82) is 0 Å². The Morgan fingerprint density at radius 2 is 2.26 bits per heavy atom. The lowest BCUT2D eigenvalue weighted by molar-refractivity contribution is -0.138. The molecular formula is C14H16BrNO2S. The minimum absolute atomic E-state index is 0.0783. The molecular weight excluding hydrogens is 326 g/mol. The molecule has 2 unspecified atom stereocenters. The lowest BCUT2D eigenvalue weighted by Crippen LogP contribution is -2.15. The summed E-state index contributed by atoms with van der Waals surface area (Å²) in [4.78, 5) is 10.7. The van der Waals surface area contributed by atoms with E-state index >= 15 is 0 Å². The van der Waals surface area contributed by atoms with Gasteiger partial charge >= 0.3 is 5.97 Å². The maximum absolute atomic E-state index is 10.7. The number of hydrogen-bond donors (Lipinski definition) is 2. The molecule has 3 N–H and O–H groups in total. The summed E-state index contributed by atoms with van der Waals surface area (Å²) in [5.41, 5.74) is 7.34. The van der Waals surface area contributed by atoms with Crippen LogP contribution in [0.3, 0.4) is 0 Å². The second-order valence-corrected chi connectivity index (χ2v) is 6.59. The average Bonchev–Trinajstić information content (AvgIpc) is 2.72. The first kappa shape index (κ1) is 14.5. The highest BCUT2D eigenvalue weighted by molar-refractivity contribution is 9.10. The van der Waals surface area contributed by atoms with Crippen LogP contribution < -0.4 is 5.73 Å². The van der Waals surface area contributed by atoms with Crippen molar-refractivity contribution in [2.24, 2.45) is 11.7 Å². The lowest BCUT2D eigenvalue weighted by atomic mass is 9.94. The third kappa shape index (κ3) is 3.35. The number of fused-ring (bicyclic) bond motifs is 1. The van der Waals surface area contributed by atoms with Gasteiger partial charge in [-0.15, -0.1) is 11.3 Å². The molecule has 0 saturated carbocycles. The lowest BCUT2D eigenvalue weighted by Gasteiger charge is -2.15. The van der Waals surface area contributed by atoms with Crippen molar-refractivity contribution in [2.45, 2.75) is 25.8 Å². The van der Waals surface area contributed by atoms with Crippen molar-refractivity contribution >= 4 is 43.3 Å². The normalized spacial score (nSPS) is 14.5. The van der Waals surface area contributed by atoms with Gasteiger partial charge in [0.25, 0.3) is 0 Å². The van der Waals surface area contributed by atoms with E-state index < -0.39 is 5.97 Å². The van der Waals surface area contributed by atoms with Crippen LogP contribution in [-0.2, 0) is 4.79 Å². The third-order valence-electron chi connectivity index (χ3n) is 3.16. The number of carboxylic acid groups (broad SMARTS) is 1. The number of thiophene rings is 1. The summed E-state index contributed by atoms with van der Waals surface area (Å²) in [5.74, 6) is -0.688. The maximum Gasteiger partial charge on any atom is 0.303 e. The number of carboxylic acids is 1. The van der Waals surface area contributed by atoms with E-state index in [1.54, 1.807) is 11.3 Å². The molecule has 1 aromatic heterocycles. The predicted octanol–water partition coefficient (Wildman–Crippen LogP) is 4.16. The average molecular weight is 342 g/mol. The Hall–Kier alpha value is -0.910. The second kappa shape index (κ2) is 6.03. The van der Waals surface area contributed by atoms with E-state index in [4.69, 9.17) is 10.8 Å². The Labute approximate surface area is 124 Å². The summed E-state index contributed by atoms with van der Waals surface area (Å²) in [6.45, 7) is 1.93. The predicted molar refractivity (Wildman–Crippen MR) is 82.5 cm³/mol. The number of halogens is 1. The number of rotatable bonds is 5. The minimum Gasteiger partial charge on any atom is -0.481 e. The molecule has 19 heavy (non-hydrogen) atoms. The SMILES string of the molecule is CC(CC(=O)O)CC(N)c1csc2c(Br)cccc12. The Morgan fingerprint density at radius 3 is 2.95 bits per heavy atom. The van der Waals surface area contributed by atoms with E-state index in [-0.39, 0.29) is 18.4 Å². The quantitative estimate of drug-likeness (QED) is 0.857. The van der Waals surface area contributed by atoms with Gasteiger partial charge in [0.15, 0.2) is 0 Å². The zero-order valence-electron chi connectivity index (χ0n) is 10.6. The fourth-order valence-corrected chi connectivity index (χ4v) is 3.96. The van der Waals surface area contributed by atoms with Crippen LogP contribution >= 0.6 is 27.3 Å². The molecule has 2 aromatic rings.